The topological polar surface area (TPSA) is 63.2 Å². The SMILES string of the molecule is [2H][C@H]1O[C@H](COCc2ccccc2)[C@H](OCc2ccccc2)[C@@H](OCc2ccccc2)[C@@H]1OC(C)=O. The minimum Gasteiger partial charge on any atom is -0.457 e. The van der Waals surface area contributed by atoms with Crippen molar-refractivity contribution in [1.29, 1.82) is 0 Å². The maximum Gasteiger partial charge on any atom is 0.303 e. The third kappa shape index (κ3) is 7.73. The molecule has 0 saturated carbocycles. The molecule has 0 spiro atoms. The Morgan fingerprint density at radius 3 is 1.80 bits per heavy atom. The summed E-state index contributed by atoms with van der Waals surface area (Å²) in [5, 5.41) is 0. The summed E-state index contributed by atoms with van der Waals surface area (Å²) >= 11 is 0. The van der Waals surface area contributed by atoms with E-state index in [2.05, 4.69) is 0 Å². The third-order valence-electron chi connectivity index (χ3n) is 5.67. The van der Waals surface area contributed by atoms with Crippen LogP contribution in [0.5, 0.6) is 0 Å². The molecule has 3 aromatic rings. The van der Waals surface area contributed by atoms with E-state index in [4.69, 9.17) is 25.1 Å². The lowest BCUT2D eigenvalue weighted by Crippen LogP contribution is -2.57. The number of rotatable bonds is 11. The van der Waals surface area contributed by atoms with Gasteiger partial charge in [-0.3, -0.25) is 4.79 Å². The standard InChI is InChI=1S/C29H32O6/c1-22(30)35-27-21-32-26(20-31-17-23-11-5-2-6-12-23)28(33-18-24-13-7-3-8-14-24)29(27)34-19-25-15-9-4-10-16-25/h2-16,26-29H,17-21H2,1H3/t26-,27-,28+,29+/m1/s1/i21D/t21-,26-,27-,28+,29+. The molecule has 4 rings (SSSR count). The van der Waals surface area contributed by atoms with Crippen molar-refractivity contribution in [3.63, 3.8) is 0 Å². The number of benzene rings is 3. The molecule has 0 N–H and O–H groups in total. The van der Waals surface area contributed by atoms with Gasteiger partial charge in [0.15, 0.2) is 6.10 Å². The number of carbonyl (C=O) groups is 1. The minimum atomic E-state index is -1.14. The van der Waals surface area contributed by atoms with Crippen molar-refractivity contribution in [3.05, 3.63) is 108 Å². The molecule has 6 nitrogen and oxygen atoms in total. The number of ether oxygens (including phenoxy) is 5. The van der Waals surface area contributed by atoms with Gasteiger partial charge in [-0.05, 0) is 16.7 Å². The first-order chi connectivity index (χ1) is 17.6. The molecule has 0 aliphatic carbocycles. The van der Waals surface area contributed by atoms with Crippen molar-refractivity contribution < 1.29 is 29.8 Å². The van der Waals surface area contributed by atoms with Crippen LogP contribution in [-0.4, -0.2) is 43.6 Å². The highest BCUT2D eigenvalue weighted by Gasteiger charge is 2.44. The van der Waals surface area contributed by atoms with Gasteiger partial charge in [-0.2, -0.15) is 0 Å². The first-order valence-corrected chi connectivity index (χ1v) is 11.8. The molecule has 1 aliphatic heterocycles. The maximum absolute atomic E-state index is 11.9. The van der Waals surface area contributed by atoms with E-state index in [1.165, 1.54) is 6.92 Å². The lowest BCUT2D eigenvalue weighted by Gasteiger charge is -2.41. The zero-order chi connectivity index (χ0) is 25.2. The molecule has 35 heavy (non-hydrogen) atoms. The Labute approximate surface area is 208 Å². The predicted octanol–water partition coefficient (Wildman–Crippen LogP) is 4.70. The van der Waals surface area contributed by atoms with Gasteiger partial charge in [0.1, 0.15) is 18.3 Å². The van der Waals surface area contributed by atoms with Crippen molar-refractivity contribution in [2.45, 2.75) is 51.2 Å². The van der Waals surface area contributed by atoms with Crippen molar-refractivity contribution in [3.8, 4) is 0 Å². The van der Waals surface area contributed by atoms with E-state index in [-0.39, 0.29) is 13.2 Å². The van der Waals surface area contributed by atoms with Gasteiger partial charge in [0.25, 0.3) is 0 Å². The zero-order valence-electron chi connectivity index (χ0n) is 20.8. The Kier molecular flexibility index (Phi) is 8.91. The quantitative estimate of drug-likeness (QED) is 0.373. The summed E-state index contributed by atoms with van der Waals surface area (Å²) in [4.78, 5) is 11.9. The molecule has 0 amide bonds. The van der Waals surface area contributed by atoms with E-state index in [0.717, 1.165) is 16.7 Å². The second-order valence-corrected chi connectivity index (χ2v) is 8.41. The summed E-state index contributed by atoms with van der Waals surface area (Å²) in [6, 6.07) is 29.3. The molecule has 1 fully saturated rings. The van der Waals surface area contributed by atoms with E-state index >= 15 is 0 Å². The molecule has 0 bridgehead atoms. The first kappa shape index (κ1) is 23.7. The lowest BCUT2D eigenvalue weighted by atomic mass is 9.99. The molecule has 1 saturated heterocycles. The molecule has 184 valence electrons. The predicted molar refractivity (Wildman–Crippen MR) is 131 cm³/mol. The van der Waals surface area contributed by atoms with E-state index < -0.39 is 37.0 Å². The highest BCUT2D eigenvalue weighted by atomic mass is 16.6. The summed E-state index contributed by atoms with van der Waals surface area (Å²) < 4.78 is 38.7. The van der Waals surface area contributed by atoms with E-state index in [9.17, 15) is 4.79 Å². The summed E-state index contributed by atoms with van der Waals surface area (Å²) in [5.41, 5.74) is 2.98. The van der Waals surface area contributed by atoms with E-state index in [0.29, 0.717) is 13.2 Å². The molecule has 1 aliphatic rings. The second-order valence-electron chi connectivity index (χ2n) is 8.41. The van der Waals surface area contributed by atoms with Crippen LogP contribution in [0.4, 0.5) is 0 Å². The molecule has 3 aromatic carbocycles. The third-order valence-corrected chi connectivity index (χ3v) is 5.67. The van der Waals surface area contributed by atoms with E-state index in [1.807, 2.05) is 91.0 Å². The van der Waals surface area contributed by atoms with Gasteiger partial charge in [0, 0.05) is 6.92 Å². The number of esters is 1. The van der Waals surface area contributed by atoms with Gasteiger partial charge in [-0.15, -0.1) is 0 Å². The molecule has 5 atom stereocenters. The van der Waals surface area contributed by atoms with Crippen molar-refractivity contribution in [1.82, 2.24) is 0 Å². The van der Waals surface area contributed by atoms with Crippen LogP contribution in [0.25, 0.3) is 0 Å². The number of carbonyl (C=O) groups excluding carboxylic acids is 1. The Balaban J connectivity index is 1.53. The van der Waals surface area contributed by atoms with Crippen LogP contribution >= 0.6 is 0 Å². The molecule has 0 unspecified atom stereocenters. The van der Waals surface area contributed by atoms with Gasteiger partial charge in [0.05, 0.1) is 34.4 Å². The Morgan fingerprint density at radius 1 is 0.800 bits per heavy atom. The minimum absolute atomic E-state index is 0.196. The van der Waals surface area contributed by atoms with Gasteiger partial charge in [0.2, 0.25) is 0 Å². The molecular weight excluding hydrogens is 444 g/mol. The van der Waals surface area contributed by atoms with Crippen LogP contribution in [0.3, 0.4) is 0 Å². The van der Waals surface area contributed by atoms with Crippen LogP contribution in [-0.2, 0) is 48.3 Å². The van der Waals surface area contributed by atoms with Crippen LogP contribution in [0.1, 0.15) is 25.0 Å². The normalized spacial score (nSPS) is 24.5. The van der Waals surface area contributed by atoms with Crippen molar-refractivity contribution in [2.24, 2.45) is 0 Å². The smallest absolute Gasteiger partial charge is 0.303 e. The Morgan fingerprint density at radius 2 is 1.29 bits per heavy atom. The summed E-state index contributed by atoms with van der Waals surface area (Å²) in [5.74, 6) is -0.505. The van der Waals surface area contributed by atoms with Gasteiger partial charge >= 0.3 is 5.97 Å². The van der Waals surface area contributed by atoms with Crippen LogP contribution in [0.2, 0.25) is 0 Å². The Bertz CT molecular complexity index is 1050. The fourth-order valence-corrected chi connectivity index (χ4v) is 3.94. The first-order valence-electron chi connectivity index (χ1n) is 12.4. The molecule has 0 radical (unpaired) electrons. The van der Waals surface area contributed by atoms with Gasteiger partial charge in [-0.25, -0.2) is 0 Å². The fraction of sp³-hybridized carbons (Fsp3) is 0.345. The number of hydrogen-bond donors (Lipinski definition) is 0. The zero-order valence-corrected chi connectivity index (χ0v) is 19.8. The number of hydrogen-bond acceptors (Lipinski definition) is 6. The maximum atomic E-state index is 11.9. The molecular formula is C29H32O6. The van der Waals surface area contributed by atoms with E-state index in [1.54, 1.807) is 0 Å². The van der Waals surface area contributed by atoms with Crippen molar-refractivity contribution in [2.75, 3.05) is 13.2 Å². The molecule has 1 heterocycles. The Hall–Kier alpha value is -3.03. The summed E-state index contributed by atoms with van der Waals surface area (Å²) in [6.07, 6.45) is -2.89. The fourth-order valence-electron chi connectivity index (χ4n) is 3.94. The summed E-state index contributed by atoms with van der Waals surface area (Å²) in [6.45, 7) is 1.36. The van der Waals surface area contributed by atoms with Crippen molar-refractivity contribution >= 4 is 5.97 Å². The van der Waals surface area contributed by atoms with Crippen LogP contribution in [0, 0.1) is 0 Å². The second kappa shape index (κ2) is 13.2. The highest BCUT2D eigenvalue weighted by Crippen LogP contribution is 2.26. The van der Waals surface area contributed by atoms with Gasteiger partial charge < -0.3 is 23.7 Å². The van der Waals surface area contributed by atoms with Crippen LogP contribution < -0.4 is 0 Å². The van der Waals surface area contributed by atoms with Crippen LogP contribution in [0.15, 0.2) is 91.0 Å². The highest BCUT2D eigenvalue weighted by molar-refractivity contribution is 5.66. The average molecular weight is 478 g/mol. The lowest BCUT2D eigenvalue weighted by molar-refractivity contribution is -0.241. The molecule has 6 heteroatoms. The largest absolute Gasteiger partial charge is 0.457 e. The monoisotopic (exact) mass is 477 g/mol. The van der Waals surface area contributed by atoms with Gasteiger partial charge in [-0.1, -0.05) is 91.0 Å². The average Bonchev–Trinajstić information content (AvgIpc) is 2.90. The molecule has 0 aromatic heterocycles. The summed E-state index contributed by atoms with van der Waals surface area (Å²) in [7, 11) is 0.